The Bertz CT molecular complexity index is 1370. The molecule has 0 spiro atoms. The average Bonchev–Trinajstić information content (AvgIpc) is 2.94. The van der Waals surface area contributed by atoms with Crippen molar-refractivity contribution in [2.45, 2.75) is 51.6 Å². The highest BCUT2D eigenvalue weighted by molar-refractivity contribution is 7.92. The summed E-state index contributed by atoms with van der Waals surface area (Å²) in [7, 11) is -3.68. The summed E-state index contributed by atoms with van der Waals surface area (Å²) in [5.74, 6) is -0.996. The van der Waals surface area contributed by atoms with Gasteiger partial charge in [-0.25, -0.2) is 12.8 Å². The molecule has 0 aliphatic carbocycles. The summed E-state index contributed by atoms with van der Waals surface area (Å²) in [4.78, 5) is 28.9. The van der Waals surface area contributed by atoms with Crippen LogP contribution in [0.25, 0.3) is 0 Å². The number of carbonyl (C=O) groups is 2. The van der Waals surface area contributed by atoms with Crippen LogP contribution in [-0.2, 0) is 32.6 Å². The van der Waals surface area contributed by atoms with Crippen LogP contribution < -0.4 is 9.62 Å². The maximum absolute atomic E-state index is 13.8. The van der Waals surface area contributed by atoms with Crippen LogP contribution in [0.1, 0.15) is 43.7 Å². The van der Waals surface area contributed by atoms with Crippen molar-refractivity contribution >= 4 is 39.1 Å². The molecule has 41 heavy (non-hydrogen) atoms. The number of benzene rings is 3. The van der Waals surface area contributed by atoms with Gasteiger partial charge in [-0.15, -0.1) is 0 Å². The molecule has 1 N–H and O–H groups in total. The Morgan fingerprint density at radius 1 is 0.927 bits per heavy atom. The molecule has 2 amide bonds. The zero-order chi connectivity index (χ0) is 29.8. The maximum Gasteiger partial charge on any atom is 0.243 e. The van der Waals surface area contributed by atoms with Crippen molar-refractivity contribution in [2.75, 3.05) is 23.7 Å². The molecule has 0 radical (unpaired) electrons. The van der Waals surface area contributed by atoms with Gasteiger partial charge < -0.3 is 10.2 Å². The van der Waals surface area contributed by atoms with E-state index in [4.69, 9.17) is 11.6 Å². The van der Waals surface area contributed by atoms with Gasteiger partial charge in [-0.1, -0.05) is 67.4 Å². The first kappa shape index (κ1) is 32.1. The van der Waals surface area contributed by atoms with E-state index in [1.54, 1.807) is 17.0 Å². The molecule has 1 unspecified atom stereocenters. The topological polar surface area (TPSA) is 86.8 Å². The molecule has 220 valence electrons. The van der Waals surface area contributed by atoms with Gasteiger partial charge in [0.05, 0.1) is 11.9 Å². The Morgan fingerprint density at radius 2 is 1.59 bits per heavy atom. The van der Waals surface area contributed by atoms with Crippen LogP contribution in [0.5, 0.6) is 0 Å². The largest absolute Gasteiger partial charge is 0.354 e. The summed E-state index contributed by atoms with van der Waals surface area (Å²) in [5.41, 5.74) is 2.04. The SMILES string of the molecule is CCCCNC(=O)C(Cc1ccccc1)N(Cc1ccc(Cl)cc1)C(=O)CCCN(c1ccc(F)cc1)S(C)(=O)=O. The van der Waals surface area contributed by atoms with Gasteiger partial charge in [-0.2, -0.15) is 0 Å². The Labute approximate surface area is 247 Å². The van der Waals surface area contributed by atoms with Gasteiger partial charge in [0.15, 0.2) is 0 Å². The number of amides is 2. The molecule has 10 heteroatoms. The number of nitrogens with zero attached hydrogens (tertiary/aromatic N) is 2. The molecule has 0 fully saturated rings. The highest BCUT2D eigenvalue weighted by Crippen LogP contribution is 2.21. The van der Waals surface area contributed by atoms with E-state index in [0.717, 1.165) is 34.5 Å². The summed E-state index contributed by atoms with van der Waals surface area (Å²) >= 11 is 6.08. The fraction of sp³-hybridized carbons (Fsp3) is 0.355. The zero-order valence-corrected chi connectivity index (χ0v) is 25.0. The number of halogens is 2. The Balaban J connectivity index is 1.86. The van der Waals surface area contributed by atoms with E-state index in [2.05, 4.69) is 5.32 Å². The minimum Gasteiger partial charge on any atom is -0.354 e. The van der Waals surface area contributed by atoms with E-state index in [1.165, 1.54) is 24.3 Å². The molecule has 0 aliphatic rings. The lowest BCUT2D eigenvalue weighted by Crippen LogP contribution is -2.50. The van der Waals surface area contributed by atoms with Crippen molar-refractivity contribution in [3.05, 3.63) is 101 Å². The van der Waals surface area contributed by atoms with Gasteiger partial charge in [0.25, 0.3) is 0 Å². The highest BCUT2D eigenvalue weighted by atomic mass is 35.5. The molecule has 0 saturated carbocycles. The summed E-state index contributed by atoms with van der Waals surface area (Å²) < 4.78 is 39.6. The van der Waals surface area contributed by atoms with Crippen molar-refractivity contribution in [3.8, 4) is 0 Å². The number of anilines is 1. The van der Waals surface area contributed by atoms with E-state index in [1.807, 2.05) is 49.4 Å². The normalized spacial score (nSPS) is 12.0. The summed E-state index contributed by atoms with van der Waals surface area (Å²) in [6.07, 6.45) is 3.34. The summed E-state index contributed by atoms with van der Waals surface area (Å²) in [6.45, 7) is 2.75. The molecule has 1 atom stereocenters. The molecule has 0 heterocycles. The monoisotopic (exact) mass is 601 g/mol. The molecule has 0 aliphatic heterocycles. The lowest BCUT2D eigenvalue weighted by molar-refractivity contribution is -0.141. The molecule has 0 aromatic heterocycles. The van der Waals surface area contributed by atoms with Crippen molar-refractivity contribution in [1.29, 1.82) is 0 Å². The van der Waals surface area contributed by atoms with Gasteiger partial charge >= 0.3 is 0 Å². The second-order valence-electron chi connectivity index (χ2n) is 9.91. The van der Waals surface area contributed by atoms with Gasteiger partial charge in [0.2, 0.25) is 21.8 Å². The second kappa shape index (κ2) is 15.5. The van der Waals surface area contributed by atoms with Crippen LogP contribution in [0, 0.1) is 5.82 Å². The zero-order valence-electron chi connectivity index (χ0n) is 23.4. The number of hydrogen-bond acceptors (Lipinski definition) is 4. The van der Waals surface area contributed by atoms with Crippen LogP contribution in [0.3, 0.4) is 0 Å². The molecular weight excluding hydrogens is 565 g/mol. The first-order chi connectivity index (χ1) is 19.6. The lowest BCUT2D eigenvalue weighted by Gasteiger charge is -2.32. The Hall–Kier alpha value is -3.43. The first-order valence-electron chi connectivity index (χ1n) is 13.7. The Morgan fingerprint density at radius 3 is 2.20 bits per heavy atom. The molecule has 0 saturated heterocycles. The van der Waals surface area contributed by atoms with Gasteiger partial charge in [-0.05, 0) is 60.4 Å². The fourth-order valence-electron chi connectivity index (χ4n) is 4.46. The quantitative estimate of drug-likeness (QED) is 0.230. The van der Waals surface area contributed by atoms with Gasteiger partial charge in [0.1, 0.15) is 11.9 Å². The van der Waals surface area contributed by atoms with Crippen molar-refractivity contribution < 1.29 is 22.4 Å². The number of carbonyl (C=O) groups excluding carboxylic acids is 2. The second-order valence-corrected chi connectivity index (χ2v) is 12.3. The molecule has 0 bridgehead atoms. The maximum atomic E-state index is 13.8. The van der Waals surface area contributed by atoms with Crippen LogP contribution in [-0.4, -0.2) is 50.5 Å². The van der Waals surface area contributed by atoms with Gasteiger partial charge in [-0.3, -0.25) is 13.9 Å². The number of rotatable bonds is 15. The standard InChI is InChI=1S/C31H37ClFN3O4S/c1-3-4-20-34-31(38)29(22-24-9-6-5-7-10-24)35(23-25-12-14-26(32)15-13-25)30(37)11-8-21-36(41(2,39)40)28-18-16-27(33)17-19-28/h5-7,9-10,12-19,29H,3-4,8,11,20-23H2,1-2H3,(H,34,38). The molecule has 3 aromatic carbocycles. The molecule has 3 rings (SSSR count). The van der Waals surface area contributed by atoms with E-state index in [-0.39, 0.29) is 37.7 Å². The molecule has 3 aromatic rings. The van der Waals surface area contributed by atoms with Crippen LogP contribution in [0.15, 0.2) is 78.9 Å². The minimum absolute atomic E-state index is 0.00827. The number of nitrogens with one attached hydrogen (secondary N) is 1. The van der Waals surface area contributed by atoms with Crippen molar-refractivity contribution in [2.24, 2.45) is 0 Å². The molecule has 7 nitrogen and oxygen atoms in total. The summed E-state index contributed by atoms with van der Waals surface area (Å²) in [6, 6.07) is 21.0. The third kappa shape index (κ3) is 10.2. The predicted octanol–water partition coefficient (Wildman–Crippen LogP) is 5.58. The average molecular weight is 602 g/mol. The predicted molar refractivity (Wildman–Crippen MR) is 162 cm³/mol. The number of hydrogen-bond donors (Lipinski definition) is 1. The van der Waals surface area contributed by atoms with E-state index >= 15 is 0 Å². The van der Waals surface area contributed by atoms with Crippen LogP contribution in [0.2, 0.25) is 5.02 Å². The van der Waals surface area contributed by atoms with E-state index in [0.29, 0.717) is 23.7 Å². The Kier molecular flexibility index (Phi) is 12.2. The molecular formula is C31H37ClFN3O4S. The number of sulfonamides is 1. The highest BCUT2D eigenvalue weighted by Gasteiger charge is 2.30. The third-order valence-corrected chi connectivity index (χ3v) is 8.08. The first-order valence-corrected chi connectivity index (χ1v) is 15.9. The third-order valence-electron chi connectivity index (χ3n) is 6.63. The van der Waals surface area contributed by atoms with Gasteiger partial charge in [0, 0.05) is 37.5 Å². The van der Waals surface area contributed by atoms with E-state index in [9.17, 15) is 22.4 Å². The summed E-state index contributed by atoms with van der Waals surface area (Å²) in [5, 5.41) is 3.54. The van der Waals surface area contributed by atoms with E-state index < -0.39 is 21.9 Å². The lowest BCUT2D eigenvalue weighted by atomic mass is 10.0. The van der Waals surface area contributed by atoms with Crippen molar-refractivity contribution in [1.82, 2.24) is 10.2 Å². The van der Waals surface area contributed by atoms with Crippen molar-refractivity contribution in [3.63, 3.8) is 0 Å². The van der Waals surface area contributed by atoms with Crippen LogP contribution in [0.4, 0.5) is 10.1 Å². The number of unbranched alkanes of at least 4 members (excludes halogenated alkanes) is 1. The fourth-order valence-corrected chi connectivity index (χ4v) is 5.55. The minimum atomic E-state index is -3.68. The smallest absolute Gasteiger partial charge is 0.243 e. The van der Waals surface area contributed by atoms with Crippen LogP contribution >= 0.6 is 11.6 Å².